The van der Waals surface area contributed by atoms with Gasteiger partial charge < -0.3 is 10.6 Å². The van der Waals surface area contributed by atoms with Gasteiger partial charge in [0.05, 0.1) is 17.2 Å². The highest BCUT2D eigenvalue weighted by molar-refractivity contribution is 5.56. The molecule has 2 atom stereocenters. The van der Waals surface area contributed by atoms with Gasteiger partial charge in [0, 0.05) is 24.3 Å². The Labute approximate surface area is 109 Å². The number of rotatable bonds is 1. The molecule has 2 unspecified atom stereocenters. The number of alkyl halides is 3. The zero-order valence-corrected chi connectivity index (χ0v) is 10.4. The first-order valence-corrected chi connectivity index (χ1v) is 5.98. The zero-order valence-electron chi connectivity index (χ0n) is 10.4. The van der Waals surface area contributed by atoms with Crippen LogP contribution in [0.15, 0.2) is 18.2 Å². The maximum atomic E-state index is 12.9. The van der Waals surface area contributed by atoms with Crippen LogP contribution in [0.1, 0.15) is 24.5 Å². The van der Waals surface area contributed by atoms with Gasteiger partial charge in [0.1, 0.15) is 0 Å². The van der Waals surface area contributed by atoms with Crippen molar-refractivity contribution >= 4 is 5.69 Å². The first kappa shape index (κ1) is 13.7. The average molecular weight is 269 g/mol. The summed E-state index contributed by atoms with van der Waals surface area (Å²) in [5.74, 6) is 0. The van der Waals surface area contributed by atoms with E-state index >= 15 is 0 Å². The second-order valence-corrected chi connectivity index (χ2v) is 4.73. The predicted octanol–water partition coefficient (Wildman–Crippen LogP) is 2.50. The molecular formula is C13H14F3N3. The van der Waals surface area contributed by atoms with Gasteiger partial charge in [0.2, 0.25) is 0 Å². The van der Waals surface area contributed by atoms with Gasteiger partial charge in [-0.25, -0.2) is 0 Å². The van der Waals surface area contributed by atoms with E-state index in [-0.39, 0.29) is 17.6 Å². The molecule has 0 saturated carbocycles. The number of hydrogen-bond donors (Lipinski definition) is 1. The number of nitrogens with zero attached hydrogens (tertiary/aromatic N) is 2. The second kappa shape index (κ2) is 4.74. The Balaban J connectivity index is 2.42. The summed E-state index contributed by atoms with van der Waals surface area (Å²) in [5.41, 5.74) is 5.09. The summed E-state index contributed by atoms with van der Waals surface area (Å²) in [5, 5.41) is 8.75. The van der Waals surface area contributed by atoms with Crippen molar-refractivity contribution in [3.05, 3.63) is 29.3 Å². The highest BCUT2D eigenvalue weighted by Crippen LogP contribution is 2.35. The van der Waals surface area contributed by atoms with E-state index in [1.165, 1.54) is 6.07 Å². The topological polar surface area (TPSA) is 53.0 Å². The molecule has 102 valence electrons. The van der Waals surface area contributed by atoms with Crippen LogP contribution < -0.4 is 10.6 Å². The minimum absolute atomic E-state index is 0.00554. The number of hydrogen-bond acceptors (Lipinski definition) is 3. The Morgan fingerprint density at radius 2 is 2.11 bits per heavy atom. The Kier molecular flexibility index (Phi) is 3.42. The van der Waals surface area contributed by atoms with Gasteiger partial charge in [0.25, 0.3) is 0 Å². The molecule has 0 aromatic heterocycles. The highest BCUT2D eigenvalue weighted by atomic mass is 19.4. The predicted molar refractivity (Wildman–Crippen MR) is 65.6 cm³/mol. The fourth-order valence-electron chi connectivity index (χ4n) is 2.37. The van der Waals surface area contributed by atoms with E-state index < -0.39 is 11.7 Å². The van der Waals surface area contributed by atoms with Crippen LogP contribution in [0.5, 0.6) is 0 Å². The lowest BCUT2D eigenvalue weighted by Gasteiger charge is -2.26. The molecule has 1 saturated heterocycles. The van der Waals surface area contributed by atoms with Gasteiger partial charge in [-0.1, -0.05) is 0 Å². The van der Waals surface area contributed by atoms with Crippen molar-refractivity contribution < 1.29 is 13.2 Å². The molecule has 1 aromatic carbocycles. The summed E-state index contributed by atoms with van der Waals surface area (Å²) in [4.78, 5) is 1.85. The van der Waals surface area contributed by atoms with Gasteiger partial charge in [-0.05, 0) is 31.5 Å². The number of halogens is 3. The highest BCUT2D eigenvalue weighted by Gasteiger charge is 2.35. The van der Waals surface area contributed by atoms with Crippen molar-refractivity contribution in [3.63, 3.8) is 0 Å². The molecule has 0 bridgehead atoms. The van der Waals surface area contributed by atoms with Crippen molar-refractivity contribution in [2.75, 3.05) is 11.4 Å². The maximum absolute atomic E-state index is 12.9. The van der Waals surface area contributed by atoms with Gasteiger partial charge in [-0.3, -0.25) is 0 Å². The van der Waals surface area contributed by atoms with Crippen LogP contribution in [0.4, 0.5) is 18.9 Å². The smallest absolute Gasteiger partial charge is 0.367 e. The summed E-state index contributed by atoms with van der Waals surface area (Å²) in [7, 11) is 0. The largest absolute Gasteiger partial charge is 0.417 e. The van der Waals surface area contributed by atoms with Crippen LogP contribution in [0.3, 0.4) is 0 Å². The van der Waals surface area contributed by atoms with E-state index in [4.69, 9.17) is 11.0 Å². The van der Waals surface area contributed by atoms with Crippen LogP contribution in [0.25, 0.3) is 0 Å². The number of benzene rings is 1. The van der Waals surface area contributed by atoms with E-state index in [2.05, 4.69) is 0 Å². The third-order valence-electron chi connectivity index (χ3n) is 3.58. The van der Waals surface area contributed by atoms with Crippen LogP contribution in [-0.2, 0) is 6.18 Å². The standard InChI is InChI=1S/C13H14F3N3/c1-8-12(18)4-5-19(8)10-3-2-9(7-17)11(6-10)13(14,15)16/h2-3,6,8,12H,4-5,18H2,1H3. The summed E-state index contributed by atoms with van der Waals surface area (Å²) >= 11 is 0. The molecular weight excluding hydrogens is 255 g/mol. The zero-order chi connectivity index (χ0) is 14.2. The molecule has 1 aliphatic rings. The van der Waals surface area contributed by atoms with Gasteiger partial charge in [-0.15, -0.1) is 0 Å². The summed E-state index contributed by atoms with van der Waals surface area (Å²) in [6, 6.07) is 5.33. The van der Waals surface area contributed by atoms with E-state index in [0.29, 0.717) is 12.2 Å². The lowest BCUT2D eigenvalue weighted by molar-refractivity contribution is -0.137. The maximum Gasteiger partial charge on any atom is 0.417 e. The Hall–Kier alpha value is -1.74. The monoisotopic (exact) mass is 269 g/mol. The minimum Gasteiger partial charge on any atom is -0.367 e. The molecule has 6 heteroatoms. The van der Waals surface area contributed by atoms with Crippen LogP contribution in [0, 0.1) is 11.3 Å². The van der Waals surface area contributed by atoms with E-state index in [0.717, 1.165) is 12.5 Å². The SMILES string of the molecule is CC1C(N)CCN1c1ccc(C#N)c(C(F)(F)F)c1. The summed E-state index contributed by atoms with van der Waals surface area (Å²) < 4.78 is 38.6. The Morgan fingerprint density at radius 1 is 1.42 bits per heavy atom. The molecule has 1 heterocycles. The van der Waals surface area contributed by atoms with E-state index in [1.807, 2.05) is 11.8 Å². The molecule has 0 aliphatic carbocycles. The molecule has 3 nitrogen and oxygen atoms in total. The molecule has 0 amide bonds. The van der Waals surface area contributed by atoms with Crippen LogP contribution in [-0.4, -0.2) is 18.6 Å². The van der Waals surface area contributed by atoms with Crippen LogP contribution in [0.2, 0.25) is 0 Å². The molecule has 1 aliphatic heterocycles. The first-order valence-electron chi connectivity index (χ1n) is 5.98. The van der Waals surface area contributed by atoms with Crippen molar-refractivity contribution in [3.8, 4) is 6.07 Å². The number of nitrogens with two attached hydrogens (primary N) is 1. The number of nitriles is 1. The second-order valence-electron chi connectivity index (χ2n) is 4.73. The van der Waals surface area contributed by atoms with Crippen LogP contribution >= 0.6 is 0 Å². The molecule has 2 N–H and O–H groups in total. The van der Waals surface area contributed by atoms with Crippen molar-refractivity contribution in [2.45, 2.75) is 31.6 Å². The fourth-order valence-corrected chi connectivity index (χ4v) is 2.37. The first-order chi connectivity index (χ1) is 8.84. The van der Waals surface area contributed by atoms with Crippen molar-refractivity contribution in [2.24, 2.45) is 5.73 Å². The molecule has 0 radical (unpaired) electrons. The Morgan fingerprint density at radius 3 is 2.58 bits per heavy atom. The quantitative estimate of drug-likeness (QED) is 0.852. The molecule has 19 heavy (non-hydrogen) atoms. The molecule has 1 fully saturated rings. The van der Waals surface area contributed by atoms with Gasteiger partial charge in [0.15, 0.2) is 0 Å². The molecule has 1 aromatic rings. The summed E-state index contributed by atoms with van der Waals surface area (Å²) in [6.07, 6.45) is -3.77. The molecule has 2 rings (SSSR count). The van der Waals surface area contributed by atoms with E-state index in [1.54, 1.807) is 12.1 Å². The average Bonchev–Trinajstić information content (AvgIpc) is 2.68. The fraction of sp³-hybridized carbons (Fsp3) is 0.462. The Bertz CT molecular complexity index is 519. The minimum atomic E-state index is -4.52. The number of anilines is 1. The van der Waals surface area contributed by atoms with Gasteiger partial charge >= 0.3 is 6.18 Å². The lowest BCUT2D eigenvalue weighted by atomic mass is 10.1. The third-order valence-corrected chi connectivity index (χ3v) is 3.58. The third kappa shape index (κ3) is 2.51. The normalized spacial score (nSPS) is 23.5. The lowest BCUT2D eigenvalue weighted by Crippen LogP contribution is -2.36. The molecule has 0 spiro atoms. The van der Waals surface area contributed by atoms with Crippen molar-refractivity contribution in [1.29, 1.82) is 5.26 Å². The van der Waals surface area contributed by atoms with E-state index in [9.17, 15) is 13.2 Å². The summed E-state index contributed by atoms with van der Waals surface area (Å²) in [6.45, 7) is 2.52. The van der Waals surface area contributed by atoms with Gasteiger partial charge in [-0.2, -0.15) is 18.4 Å². The van der Waals surface area contributed by atoms with Crippen molar-refractivity contribution in [1.82, 2.24) is 0 Å².